The van der Waals surface area contributed by atoms with E-state index in [1.54, 1.807) is 12.1 Å². The second kappa shape index (κ2) is 5.55. The van der Waals surface area contributed by atoms with Crippen LogP contribution in [-0.2, 0) is 6.54 Å². The van der Waals surface area contributed by atoms with Crippen molar-refractivity contribution in [1.82, 2.24) is 4.57 Å². The third-order valence-electron chi connectivity index (χ3n) is 3.27. The maximum absolute atomic E-state index is 12.8. The van der Waals surface area contributed by atoms with E-state index in [-0.39, 0.29) is 5.82 Å². The summed E-state index contributed by atoms with van der Waals surface area (Å²) in [6.07, 6.45) is 2.03. The summed E-state index contributed by atoms with van der Waals surface area (Å²) in [5.74, 6) is -0.223. The summed E-state index contributed by atoms with van der Waals surface area (Å²) < 4.78 is 14.9. The SMILES string of the molecule is Fc1ccc(NCCn2ccc3cccc(Cl)c32)cc1. The fraction of sp³-hybridized carbons (Fsp3) is 0.125. The lowest BCUT2D eigenvalue weighted by Crippen LogP contribution is -2.09. The van der Waals surface area contributed by atoms with Gasteiger partial charge >= 0.3 is 0 Å². The fourth-order valence-corrected chi connectivity index (χ4v) is 2.58. The molecule has 102 valence electrons. The lowest BCUT2D eigenvalue weighted by molar-refractivity contribution is 0.628. The molecule has 0 atom stereocenters. The normalized spacial score (nSPS) is 10.9. The van der Waals surface area contributed by atoms with Crippen LogP contribution in [-0.4, -0.2) is 11.1 Å². The van der Waals surface area contributed by atoms with E-state index in [4.69, 9.17) is 11.6 Å². The number of aromatic nitrogens is 1. The molecule has 1 N–H and O–H groups in total. The molecule has 0 aliphatic rings. The van der Waals surface area contributed by atoms with Crippen LogP contribution in [0.25, 0.3) is 10.9 Å². The number of benzene rings is 2. The number of hydrogen-bond donors (Lipinski definition) is 1. The first-order valence-corrected chi connectivity index (χ1v) is 6.84. The molecule has 2 aromatic carbocycles. The van der Waals surface area contributed by atoms with Gasteiger partial charge in [-0.05, 0) is 36.4 Å². The highest BCUT2D eigenvalue weighted by atomic mass is 35.5. The zero-order chi connectivity index (χ0) is 13.9. The summed E-state index contributed by atoms with van der Waals surface area (Å²) in [6.45, 7) is 1.55. The van der Waals surface area contributed by atoms with Gasteiger partial charge in [-0.3, -0.25) is 0 Å². The van der Waals surface area contributed by atoms with Crippen LogP contribution in [0.1, 0.15) is 0 Å². The van der Waals surface area contributed by atoms with E-state index in [9.17, 15) is 4.39 Å². The monoisotopic (exact) mass is 288 g/mol. The highest BCUT2D eigenvalue weighted by molar-refractivity contribution is 6.35. The zero-order valence-corrected chi connectivity index (χ0v) is 11.6. The van der Waals surface area contributed by atoms with Gasteiger partial charge in [0.15, 0.2) is 0 Å². The van der Waals surface area contributed by atoms with Gasteiger partial charge in [0.25, 0.3) is 0 Å². The topological polar surface area (TPSA) is 17.0 Å². The molecule has 4 heteroatoms. The van der Waals surface area contributed by atoms with Crippen molar-refractivity contribution in [2.24, 2.45) is 0 Å². The Morgan fingerprint density at radius 1 is 1.05 bits per heavy atom. The Bertz CT molecular complexity index is 719. The minimum atomic E-state index is -0.223. The van der Waals surface area contributed by atoms with Crippen LogP contribution in [0.15, 0.2) is 54.7 Å². The maximum atomic E-state index is 12.8. The van der Waals surface area contributed by atoms with Crippen LogP contribution in [0.5, 0.6) is 0 Å². The molecule has 0 aliphatic carbocycles. The van der Waals surface area contributed by atoms with Crippen LogP contribution in [0.4, 0.5) is 10.1 Å². The molecule has 20 heavy (non-hydrogen) atoms. The second-order valence-corrected chi connectivity index (χ2v) is 5.03. The van der Waals surface area contributed by atoms with Gasteiger partial charge in [-0.15, -0.1) is 0 Å². The van der Waals surface area contributed by atoms with E-state index >= 15 is 0 Å². The van der Waals surface area contributed by atoms with Crippen LogP contribution >= 0.6 is 11.6 Å². The van der Waals surface area contributed by atoms with Crippen LogP contribution < -0.4 is 5.32 Å². The van der Waals surface area contributed by atoms with Crippen molar-refractivity contribution in [3.05, 3.63) is 65.6 Å². The summed E-state index contributed by atoms with van der Waals surface area (Å²) in [4.78, 5) is 0. The van der Waals surface area contributed by atoms with Gasteiger partial charge in [-0.2, -0.15) is 0 Å². The van der Waals surface area contributed by atoms with Crippen molar-refractivity contribution in [2.45, 2.75) is 6.54 Å². The zero-order valence-electron chi connectivity index (χ0n) is 10.8. The molecule has 2 nitrogen and oxygen atoms in total. The Balaban J connectivity index is 1.70. The van der Waals surface area contributed by atoms with E-state index in [2.05, 4.69) is 16.0 Å². The molecule has 0 fully saturated rings. The Kier molecular flexibility index (Phi) is 3.61. The number of rotatable bonds is 4. The quantitative estimate of drug-likeness (QED) is 0.745. The van der Waals surface area contributed by atoms with E-state index in [0.29, 0.717) is 0 Å². The summed E-state index contributed by atoms with van der Waals surface area (Å²) in [7, 11) is 0. The molecular weight excluding hydrogens is 275 g/mol. The molecule has 0 amide bonds. The lowest BCUT2D eigenvalue weighted by atomic mass is 10.2. The standard InChI is InChI=1S/C16H14ClFN2/c17-15-3-1-2-12-8-10-20(16(12)15)11-9-19-14-6-4-13(18)5-7-14/h1-8,10,19H,9,11H2. The summed E-state index contributed by atoms with van der Waals surface area (Å²) in [5, 5.41) is 5.16. The molecule has 0 bridgehead atoms. The average Bonchev–Trinajstić information content (AvgIpc) is 2.86. The van der Waals surface area contributed by atoms with Gasteiger partial charge in [0, 0.05) is 30.4 Å². The predicted octanol–water partition coefficient (Wildman–Crippen LogP) is 4.55. The van der Waals surface area contributed by atoms with Crippen molar-refractivity contribution < 1.29 is 4.39 Å². The average molecular weight is 289 g/mol. The highest BCUT2D eigenvalue weighted by Crippen LogP contribution is 2.24. The number of para-hydroxylation sites is 1. The number of hydrogen-bond acceptors (Lipinski definition) is 1. The first kappa shape index (κ1) is 13.0. The highest BCUT2D eigenvalue weighted by Gasteiger charge is 2.04. The molecule has 1 aromatic heterocycles. The van der Waals surface area contributed by atoms with Gasteiger partial charge in [-0.25, -0.2) is 4.39 Å². The Hall–Kier alpha value is -2.00. The molecule has 0 unspecified atom stereocenters. The molecule has 3 rings (SSSR count). The van der Waals surface area contributed by atoms with Gasteiger partial charge in [-0.1, -0.05) is 23.7 Å². The molecule has 0 saturated heterocycles. The molecule has 0 radical (unpaired) electrons. The fourth-order valence-electron chi connectivity index (χ4n) is 2.29. The van der Waals surface area contributed by atoms with Crippen LogP contribution in [0, 0.1) is 5.82 Å². The molecule has 0 spiro atoms. The smallest absolute Gasteiger partial charge is 0.123 e. The maximum Gasteiger partial charge on any atom is 0.123 e. The van der Waals surface area contributed by atoms with Gasteiger partial charge in [0.05, 0.1) is 10.5 Å². The predicted molar refractivity (Wildman–Crippen MR) is 81.8 cm³/mol. The van der Waals surface area contributed by atoms with E-state index < -0.39 is 0 Å². The number of nitrogens with one attached hydrogen (secondary N) is 1. The van der Waals surface area contributed by atoms with Gasteiger partial charge < -0.3 is 9.88 Å². The second-order valence-electron chi connectivity index (χ2n) is 4.62. The first-order valence-electron chi connectivity index (χ1n) is 6.47. The Morgan fingerprint density at radius 2 is 1.85 bits per heavy atom. The summed E-state index contributed by atoms with van der Waals surface area (Å²) in [6, 6.07) is 14.3. The Morgan fingerprint density at radius 3 is 2.65 bits per heavy atom. The lowest BCUT2D eigenvalue weighted by Gasteiger charge is -2.09. The third kappa shape index (κ3) is 2.63. The number of fused-ring (bicyclic) bond motifs is 1. The molecular formula is C16H14ClFN2. The third-order valence-corrected chi connectivity index (χ3v) is 3.57. The number of halogens is 2. The first-order chi connectivity index (χ1) is 9.74. The van der Waals surface area contributed by atoms with Crippen LogP contribution in [0.3, 0.4) is 0 Å². The molecule has 0 saturated carbocycles. The summed E-state index contributed by atoms with van der Waals surface area (Å²) >= 11 is 6.23. The van der Waals surface area contributed by atoms with Crippen LogP contribution in [0.2, 0.25) is 5.02 Å². The Labute approximate surface area is 121 Å². The van der Waals surface area contributed by atoms with Gasteiger partial charge in [0.2, 0.25) is 0 Å². The number of nitrogens with zero attached hydrogens (tertiary/aromatic N) is 1. The van der Waals surface area contributed by atoms with E-state index in [0.717, 1.165) is 34.7 Å². The minimum Gasteiger partial charge on any atom is -0.383 e. The number of anilines is 1. The van der Waals surface area contributed by atoms with Crippen molar-refractivity contribution in [3.63, 3.8) is 0 Å². The van der Waals surface area contributed by atoms with Gasteiger partial charge in [0.1, 0.15) is 5.82 Å². The van der Waals surface area contributed by atoms with E-state index in [1.807, 2.05) is 24.4 Å². The minimum absolute atomic E-state index is 0.223. The van der Waals surface area contributed by atoms with Crippen molar-refractivity contribution in [1.29, 1.82) is 0 Å². The molecule has 3 aromatic rings. The summed E-state index contributed by atoms with van der Waals surface area (Å²) in [5.41, 5.74) is 1.96. The van der Waals surface area contributed by atoms with Crippen molar-refractivity contribution in [3.8, 4) is 0 Å². The molecule has 0 aliphatic heterocycles. The molecule has 1 heterocycles. The van der Waals surface area contributed by atoms with Crippen molar-refractivity contribution in [2.75, 3.05) is 11.9 Å². The van der Waals surface area contributed by atoms with Crippen molar-refractivity contribution >= 4 is 28.2 Å². The largest absolute Gasteiger partial charge is 0.383 e. The van der Waals surface area contributed by atoms with E-state index in [1.165, 1.54) is 12.1 Å².